The van der Waals surface area contributed by atoms with Crippen LogP contribution in [-0.2, 0) is 10.9 Å². The molecule has 0 aliphatic heterocycles. The third-order valence-corrected chi connectivity index (χ3v) is 3.61. The SMILES string of the molecule is CCOC(=O)c1ccc(NC(=S)NNc2ncc(C(F)(F)F)cc2Cl)cc1. The molecule has 0 atom stereocenters. The number of anilines is 2. The molecule has 0 unspecified atom stereocenters. The molecule has 2 aromatic rings. The van der Waals surface area contributed by atoms with E-state index in [9.17, 15) is 18.0 Å². The van der Waals surface area contributed by atoms with Crippen molar-refractivity contribution >= 4 is 46.4 Å². The summed E-state index contributed by atoms with van der Waals surface area (Å²) < 4.78 is 42.6. The molecule has 3 N–H and O–H groups in total. The van der Waals surface area contributed by atoms with Crippen LogP contribution in [0.25, 0.3) is 0 Å². The van der Waals surface area contributed by atoms with Gasteiger partial charge in [-0.3, -0.25) is 10.9 Å². The predicted molar refractivity (Wildman–Crippen MR) is 99.6 cm³/mol. The molecule has 27 heavy (non-hydrogen) atoms. The second-order valence-corrected chi connectivity index (χ2v) is 5.87. The van der Waals surface area contributed by atoms with Gasteiger partial charge in [-0.25, -0.2) is 9.78 Å². The van der Waals surface area contributed by atoms with E-state index < -0.39 is 17.7 Å². The van der Waals surface area contributed by atoms with Crippen LogP contribution in [0.2, 0.25) is 5.02 Å². The first kappa shape index (κ1) is 20.7. The number of hydrogen-bond donors (Lipinski definition) is 3. The highest BCUT2D eigenvalue weighted by atomic mass is 35.5. The van der Waals surface area contributed by atoms with Gasteiger partial charge in [0.2, 0.25) is 0 Å². The van der Waals surface area contributed by atoms with Gasteiger partial charge in [0.05, 0.1) is 22.8 Å². The van der Waals surface area contributed by atoms with Crippen LogP contribution in [0.15, 0.2) is 36.5 Å². The molecule has 1 aromatic carbocycles. The molecule has 0 fully saturated rings. The summed E-state index contributed by atoms with van der Waals surface area (Å²) in [5.41, 5.74) is 5.08. The molecule has 0 bridgehead atoms. The van der Waals surface area contributed by atoms with E-state index >= 15 is 0 Å². The van der Waals surface area contributed by atoms with Gasteiger partial charge in [0.1, 0.15) is 0 Å². The molecule has 2 rings (SSSR count). The van der Waals surface area contributed by atoms with Gasteiger partial charge in [-0.15, -0.1) is 0 Å². The fourth-order valence-electron chi connectivity index (χ4n) is 1.87. The number of alkyl halides is 3. The Hall–Kier alpha value is -2.59. The first-order valence-electron chi connectivity index (χ1n) is 7.53. The van der Waals surface area contributed by atoms with Crippen molar-refractivity contribution in [2.45, 2.75) is 13.1 Å². The Bertz CT molecular complexity index is 831. The quantitative estimate of drug-likeness (QED) is 0.381. The van der Waals surface area contributed by atoms with Crippen LogP contribution in [0.5, 0.6) is 0 Å². The van der Waals surface area contributed by atoms with Crippen molar-refractivity contribution in [3.05, 3.63) is 52.7 Å². The number of hydrazine groups is 1. The van der Waals surface area contributed by atoms with E-state index in [1.807, 2.05) is 0 Å². The Morgan fingerprint density at radius 2 is 1.96 bits per heavy atom. The summed E-state index contributed by atoms with van der Waals surface area (Å²) in [6, 6.07) is 7.10. The van der Waals surface area contributed by atoms with Gasteiger partial charge in [0.25, 0.3) is 0 Å². The molecular weight excluding hydrogens is 405 g/mol. The van der Waals surface area contributed by atoms with Gasteiger partial charge < -0.3 is 10.1 Å². The molecule has 0 saturated heterocycles. The lowest BCUT2D eigenvalue weighted by atomic mass is 10.2. The first-order valence-corrected chi connectivity index (χ1v) is 8.32. The summed E-state index contributed by atoms with van der Waals surface area (Å²) >= 11 is 10.8. The Balaban J connectivity index is 1.92. The Labute approximate surface area is 163 Å². The summed E-state index contributed by atoms with van der Waals surface area (Å²) in [6.07, 6.45) is -3.88. The van der Waals surface area contributed by atoms with E-state index in [0.717, 1.165) is 6.07 Å². The molecule has 6 nitrogen and oxygen atoms in total. The van der Waals surface area contributed by atoms with E-state index in [1.165, 1.54) is 0 Å². The third-order valence-electron chi connectivity index (χ3n) is 3.12. The maximum absolute atomic E-state index is 12.6. The molecule has 0 amide bonds. The molecular formula is C16H14ClF3N4O2S. The predicted octanol–water partition coefficient (Wildman–Crippen LogP) is 4.24. The minimum Gasteiger partial charge on any atom is -0.462 e. The van der Waals surface area contributed by atoms with Crippen LogP contribution in [0.4, 0.5) is 24.7 Å². The number of nitrogens with zero attached hydrogens (tertiary/aromatic N) is 1. The smallest absolute Gasteiger partial charge is 0.417 e. The average Bonchev–Trinajstić information content (AvgIpc) is 2.60. The number of aromatic nitrogens is 1. The summed E-state index contributed by atoms with van der Waals surface area (Å²) in [5, 5.41) is 2.71. The lowest BCUT2D eigenvalue weighted by molar-refractivity contribution is -0.137. The molecule has 0 radical (unpaired) electrons. The van der Waals surface area contributed by atoms with Crippen molar-refractivity contribution in [3.63, 3.8) is 0 Å². The second kappa shape index (κ2) is 8.87. The van der Waals surface area contributed by atoms with Gasteiger partial charge in [-0.1, -0.05) is 11.6 Å². The van der Waals surface area contributed by atoms with Crippen LogP contribution in [0, 0.1) is 0 Å². The van der Waals surface area contributed by atoms with E-state index in [0.29, 0.717) is 17.4 Å². The first-order chi connectivity index (χ1) is 12.7. The monoisotopic (exact) mass is 418 g/mol. The highest BCUT2D eigenvalue weighted by molar-refractivity contribution is 7.80. The van der Waals surface area contributed by atoms with Gasteiger partial charge >= 0.3 is 12.1 Å². The summed E-state index contributed by atoms with van der Waals surface area (Å²) in [7, 11) is 0. The van der Waals surface area contributed by atoms with E-state index in [1.54, 1.807) is 31.2 Å². The molecule has 0 spiro atoms. The molecule has 1 heterocycles. The highest BCUT2D eigenvalue weighted by Gasteiger charge is 2.31. The molecule has 1 aromatic heterocycles. The zero-order chi connectivity index (χ0) is 20.0. The minimum atomic E-state index is -4.53. The number of pyridine rings is 1. The molecule has 0 saturated carbocycles. The van der Waals surface area contributed by atoms with Crippen LogP contribution in [0.3, 0.4) is 0 Å². The molecule has 144 valence electrons. The van der Waals surface area contributed by atoms with Crippen LogP contribution >= 0.6 is 23.8 Å². The average molecular weight is 419 g/mol. The fourth-order valence-corrected chi connectivity index (χ4v) is 2.25. The topological polar surface area (TPSA) is 75.3 Å². The molecule has 0 aliphatic carbocycles. The minimum absolute atomic E-state index is 0.0218. The molecule has 11 heteroatoms. The van der Waals surface area contributed by atoms with Crippen molar-refractivity contribution in [2.75, 3.05) is 17.3 Å². The number of hydrogen-bond acceptors (Lipinski definition) is 5. The number of nitrogens with one attached hydrogen (secondary N) is 3. The van der Waals surface area contributed by atoms with Crippen molar-refractivity contribution in [1.82, 2.24) is 10.4 Å². The Kier molecular flexibility index (Phi) is 6.81. The Morgan fingerprint density at radius 1 is 1.30 bits per heavy atom. The lowest BCUT2D eigenvalue weighted by Gasteiger charge is -2.14. The number of rotatable bonds is 5. The van der Waals surface area contributed by atoms with E-state index in [-0.39, 0.29) is 22.6 Å². The number of esters is 1. The number of thiocarbonyl (C=S) groups is 1. The number of carbonyl (C=O) groups excluding carboxylic acids is 1. The van der Waals surface area contributed by atoms with Crippen molar-refractivity contribution in [3.8, 4) is 0 Å². The largest absolute Gasteiger partial charge is 0.462 e. The maximum Gasteiger partial charge on any atom is 0.417 e. The van der Waals surface area contributed by atoms with E-state index in [4.69, 9.17) is 28.6 Å². The normalized spacial score (nSPS) is 10.9. The summed E-state index contributed by atoms with van der Waals surface area (Å²) in [5.74, 6) is -0.457. The summed E-state index contributed by atoms with van der Waals surface area (Å²) in [6.45, 7) is 1.99. The highest BCUT2D eigenvalue weighted by Crippen LogP contribution is 2.32. The number of carbonyl (C=O) groups is 1. The third kappa shape index (κ3) is 5.97. The summed E-state index contributed by atoms with van der Waals surface area (Å²) in [4.78, 5) is 15.2. The van der Waals surface area contributed by atoms with Crippen molar-refractivity contribution < 1.29 is 22.7 Å². The van der Waals surface area contributed by atoms with Gasteiger partial charge in [0, 0.05) is 11.9 Å². The van der Waals surface area contributed by atoms with Crippen molar-refractivity contribution in [2.24, 2.45) is 0 Å². The number of benzene rings is 1. The zero-order valence-electron chi connectivity index (χ0n) is 13.9. The van der Waals surface area contributed by atoms with Gasteiger partial charge in [-0.05, 0) is 49.5 Å². The number of ether oxygens (including phenoxy) is 1. The number of halogens is 4. The van der Waals surface area contributed by atoms with Crippen LogP contribution < -0.4 is 16.2 Å². The second-order valence-electron chi connectivity index (χ2n) is 5.05. The maximum atomic E-state index is 12.6. The molecule has 0 aliphatic rings. The fraction of sp³-hybridized carbons (Fsp3) is 0.188. The van der Waals surface area contributed by atoms with Crippen molar-refractivity contribution in [1.29, 1.82) is 0 Å². The Morgan fingerprint density at radius 3 is 2.52 bits per heavy atom. The van der Waals surface area contributed by atoms with Crippen LogP contribution in [-0.4, -0.2) is 22.7 Å². The zero-order valence-corrected chi connectivity index (χ0v) is 15.4. The standard InChI is InChI=1S/C16H14ClF3N4O2S/c1-2-26-14(25)9-3-5-11(6-4-9)22-15(27)24-23-13-12(17)7-10(8-21-13)16(18,19)20/h3-8H,2H2,1H3,(H,21,23)(H2,22,24,27). The van der Waals surface area contributed by atoms with Gasteiger partial charge in [-0.2, -0.15) is 13.2 Å². The lowest BCUT2D eigenvalue weighted by Crippen LogP contribution is -2.33. The van der Waals surface area contributed by atoms with Gasteiger partial charge in [0.15, 0.2) is 10.9 Å². The van der Waals surface area contributed by atoms with Crippen LogP contribution in [0.1, 0.15) is 22.8 Å². The van der Waals surface area contributed by atoms with E-state index in [2.05, 4.69) is 21.2 Å².